The van der Waals surface area contributed by atoms with Gasteiger partial charge in [0.15, 0.2) is 0 Å². The molecule has 1 heterocycles. The van der Waals surface area contributed by atoms with Crippen LogP contribution in [0, 0.1) is 0 Å². The maximum Gasteiger partial charge on any atom is 0.133 e. The summed E-state index contributed by atoms with van der Waals surface area (Å²) < 4.78 is 0. The second kappa shape index (κ2) is 4.91. The molecule has 0 aliphatic carbocycles. The zero-order valence-corrected chi connectivity index (χ0v) is 8.99. The summed E-state index contributed by atoms with van der Waals surface area (Å²) in [6.07, 6.45) is 1.77. The van der Waals surface area contributed by atoms with Crippen LogP contribution in [-0.2, 0) is 0 Å². The number of hydrogen-bond donors (Lipinski definition) is 2. The summed E-state index contributed by atoms with van der Waals surface area (Å²) in [4.78, 5) is 8.57. The molecule has 0 saturated heterocycles. The predicted octanol–water partition coefficient (Wildman–Crippen LogP) is 1.36. The van der Waals surface area contributed by atoms with Crippen LogP contribution in [0.3, 0.4) is 0 Å². The van der Waals surface area contributed by atoms with E-state index in [2.05, 4.69) is 29.1 Å². The molecule has 0 aromatic carbocycles. The van der Waals surface area contributed by atoms with Crippen molar-refractivity contribution >= 4 is 5.82 Å². The van der Waals surface area contributed by atoms with Crippen LogP contribution < -0.4 is 11.1 Å². The molecule has 1 aromatic heterocycles. The zero-order chi connectivity index (χ0) is 10.6. The van der Waals surface area contributed by atoms with Gasteiger partial charge in [0.2, 0.25) is 0 Å². The second-order valence-electron chi connectivity index (χ2n) is 3.74. The highest BCUT2D eigenvalue weighted by atomic mass is 15.0. The summed E-state index contributed by atoms with van der Waals surface area (Å²) in [6, 6.07) is 2.10. The first kappa shape index (κ1) is 10.9. The lowest BCUT2D eigenvalue weighted by Crippen LogP contribution is -2.25. The average Bonchev–Trinajstić information content (AvgIpc) is 2.18. The molecule has 0 amide bonds. The maximum absolute atomic E-state index is 5.51. The van der Waals surface area contributed by atoms with Crippen LogP contribution in [0.25, 0.3) is 0 Å². The summed E-state index contributed by atoms with van der Waals surface area (Å²) >= 11 is 0. The Kier molecular flexibility index (Phi) is 3.83. The first-order chi connectivity index (χ1) is 6.63. The Bertz CT molecular complexity index is 285. The van der Waals surface area contributed by atoms with Crippen molar-refractivity contribution in [2.75, 3.05) is 11.9 Å². The van der Waals surface area contributed by atoms with Crippen molar-refractivity contribution in [3.63, 3.8) is 0 Å². The number of hydrogen-bond acceptors (Lipinski definition) is 4. The van der Waals surface area contributed by atoms with E-state index in [1.807, 2.05) is 13.0 Å². The van der Waals surface area contributed by atoms with Crippen LogP contribution in [0.1, 0.15) is 32.5 Å². The van der Waals surface area contributed by atoms with Gasteiger partial charge in [-0.05, 0) is 13.0 Å². The normalized spacial score (nSPS) is 12.9. The van der Waals surface area contributed by atoms with E-state index in [4.69, 9.17) is 5.73 Å². The summed E-state index contributed by atoms with van der Waals surface area (Å²) in [5, 5.41) is 3.21. The van der Waals surface area contributed by atoms with Gasteiger partial charge in [0.25, 0.3) is 0 Å². The quantitative estimate of drug-likeness (QED) is 0.759. The van der Waals surface area contributed by atoms with Gasteiger partial charge >= 0.3 is 0 Å². The van der Waals surface area contributed by atoms with Crippen molar-refractivity contribution < 1.29 is 0 Å². The van der Waals surface area contributed by atoms with E-state index >= 15 is 0 Å². The Morgan fingerprint density at radius 3 is 2.71 bits per heavy atom. The third kappa shape index (κ3) is 2.96. The number of nitrogens with two attached hydrogens (primary N) is 1. The van der Waals surface area contributed by atoms with Gasteiger partial charge in [-0.2, -0.15) is 0 Å². The molecule has 4 heteroatoms. The van der Waals surface area contributed by atoms with Crippen LogP contribution in [0.5, 0.6) is 0 Å². The highest BCUT2D eigenvalue weighted by molar-refractivity contribution is 5.34. The van der Waals surface area contributed by atoms with E-state index in [-0.39, 0.29) is 6.04 Å². The van der Waals surface area contributed by atoms with Crippen LogP contribution >= 0.6 is 0 Å². The summed E-state index contributed by atoms with van der Waals surface area (Å²) in [7, 11) is 0. The van der Waals surface area contributed by atoms with E-state index in [9.17, 15) is 0 Å². The first-order valence-electron chi connectivity index (χ1n) is 4.93. The van der Waals surface area contributed by atoms with Crippen molar-refractivity contribution in [2.24, 2.45) is 5.73 Å². The van der Waals surface area contributed by atoms with Gasteiger partial charge in [0.1, 0.15) is 11.6 Å². The van der Waals surface area contributed by atoms with E-state index < -0.39 is 0 Å². The van der Waals surface area contributed by atoms with Crippen molar-refractivity contribution in [3.8, 4) is 0 Å². The van der Waals surface area contributed by atoms with Gasteiger partial charge in [-0.25, -0.2) is 9.97 Å². The Morgan fingerprint density at radius 2 is 2.14 bits per heavy atom. The smallest absolute Gasteiger partial charge is 0.133 e. The molecule has 0 spiro atoms. The molecule has 0 fully saturated rings. The molecule has 4 nitrogen and oxygen atoms in total. The molecule has 1 rings (SSSR count). The molecule has 14 heavy (non-hydrogen) atoms. The molecule has 1 atom stereocenters. The number of anilines is 1. The number of nitrogens with one attached hydrogen (secondary N) is 1. The van der Waals surface area contributed by atoms with E-state index in [0.29, 0.717) is 12.5 Å². The Labute approximate surface area is 85.0 Å². The molecule has 1 aromatic rings. The van der Waals surface area contributed by atoms with Gasteiger partial charge in [-0.3, -0.25) is 0 Å². The molecule has 0 radical (unpaired) electrons. The lowest BCUT2D eigenvalue weighted by atomic mass is 10.2. The molecule has 0 aliphatic heterocycles. The van der Waals surface area contributed by atoms with Gasteiger partial charge in [-0.15, -0.1) is 0 Å². The molecule has 3 N–H and O–H groups in total. The topological polar surface area (TPSA) is 63.8 Å². The predicted molar refractivity (Wildman–Crippen MR) is 58.3 cm³/mol. The number of rotatable bonds is 4. The van der Waals surface area contributed by atoms with E-state index in [0.717, 1.165) is 11.6 Å². The molecule has 0 saturated carbocycles. The molecular weight excluding hydrogens is 176 g/mol. The second-order valence-corrected chi connectivity index (χ2v) is 3.74. The third-order valence-electron chi connectivity index (χ3n) is 1.94. The molecule has 0 aliphatic rings. The van der Waals surface area contributed by atoms with Crippen LogP contribution in [0.4, 0.5) is 5.82 Å². The minimum absolute atomic E-state index is 0.241. The standard InChI is InChI=1S/C10H18N4/c1-7(2)10-12-5-4-9(14-10)13-8(3)6-11/h4-5,7-8H,6,11H2,1-3H3,(H,12,13,14). The molecule has 78 valence electrons. The summed E-state index contributed by atoms with van der Waals surface area (Å²) in [5.41, 5.74) is 5.51. The monoisotopic (exact) mass is 194 g/mol. The Morgan fingerprint density at radius 1 is 1.43 bits per heavy atom. The zero-order valence-electron chi connectivity index (χ0n) is 8.99. The maximum atomic E-state index is 5.51. The highest BCUT2D eigenvalue weighted by Gasteiger charge is 2.04. The van der Waals surface area contributed by atoms with Crippen molar-refractivity contribution in [2.45, 2.75) is 32.7 Å². The molecule has 1 unspecified atom stereocenters. The SMILES string of the molecule is CC(CN)Nc1ccnc(C(C)C)n1. The van der Waals surface area contributed by atoms with Crippen molar-refractivity contribution in [3.05, 3.63) is 18.1 Å². The summed E-state index contributed by atoms with van der Waals surface area (Å²) in [6.45, 7) is 6.77. The summed E-state index contributed by atoms with van der Waals surface area (Å²) in [5.74, 6) is 2.06. The number of nitrogens with zero attached hydrogens (tertiary/aromatic N) is 2. The fourth-order valence-corrected chi connectivity index (χ4v) is 1.04. The van der Waals surface area contributed by atoms with Gasteiger partial charge in [-0.1, -0.05) is 13.8 Å². The average molecular weight is 194 g/mol. The van der Waals surface area contributed by atoms with Crippen molar-refractivity contribution in [1.82, 2.24) is 9.97 Å². The lowest BCUT2D eigenvalue weighted by Gasteiger charge is -2.12. The first-order valence-corrected chi connectivity index (χ1v) is 4.93. The van der Waals surface area contributed by atoms with Gasteiger partial charge < -0.3 is 11.1 Å². The minimum atomic E-state index is 0.241. The Balaban J connectivity index is 2.73. The third-order valence-corrected chi connectivity index (χ3v) is 1.94. The fourth-order valence-electron chi connectivity index (χ4n) is 1.04. The van der Waals surface area contributed by atoms with Crippen LogP contribution in [-0.4, -0.2) is 22.6 Å². The largest absolute Gasteiger partial charge is 0.366 e. The fraction of sp³-hybridized carbons (Fsp3) is 0.600. The van der Waals surface area contributed by atoms with Crippen molar-refractivity contribution in [1.29, 1.82) is 0 Å². The van der Waals surface area contributed by atoms with Crippen LogP contribution in [0.2, 0.25) is 0 Å². The van der Waals surface area contributed by atoms with Gasteiger partial charge in [0.05, 0.1) is 0 Å². The van der Waals surface area contributed by atoms with Gasteiger partial charge in [0, 0.05) is 24.7 Å². The molecule has 0 bridgehead atoms. The minimum Gasteiger partial charge on any atom is -0.366 e. The van der Waals surface area contributed by atoms with Crippen LogP contribution in [0.15, 0.2) is 12.3 Å². The highest BCUT2D eigenvalue weighted by Crippen LogP contribution is 2.11. The Hall–Kier alpha value is -1.16. The van der Waals surface area contributed by atoms with E-state index in [1.54, 1.807) is 6.20 Å². The molecular formula is C10H18N4. The lowest BCUT2D eigenvalue weighted by molar-refractivity contribution is 0.758. The number of aromatic nitrogens is 2. The van der Waals surface area contributed by atoms with E-state index in [1.165, 1.54) is 0 Å².